The Labute approximate surface area is 109 Å². The van der Waals surface area contributed by atoms with Gasteiger partial charge in [0.25, 0.3) is 5.89 Å². The van der Waals surface area contributed by atoms with Gasteiger partial charge in [0.05, 0.1) is 0 Å². The Bertz CT molecular complexity index is 653. The quantitative estimate of drug-likeness (QED) is 0.774. The average molecular weight is 253 g/mol. The van der Waals surface area contributed by atoms with E-state index in [9.17, 15) is 5.11 Å². The van der Waals surface area contributed by atoms with Crippen LogP contribution in [-0.4, -0.2) is 20.2 Å². The normalized spacial score (nSPS) is 12.3. The van der Waals surface area contributed by atoms with E-state index in [1.807, 2.05) is 24.3 Å². The number of aliphatic hydroxyl groups excluding tert-OH is 1. The summed E-state index contributed by atoms with van der Waals surface area (Å²) in [6, 6.07) is 12.8. The summed E-state index contributed by atoms with van der Waals surface area (Å²) in [7, 11) is 0. The molecule has 0 amide bonds. The van der Waals surface area contributed by atoms with Crippen molar-refractivity contribution in [2.45, 2.75) is 6.10 Å². The fraction of sp³-hybridized carbons (Fsp3) is 0.0714. The third-order valence-corrected chi connectivity index (χ3v) is 2.71. The Morgan fingerprint density at radius 2 is 1.89 bits per heavy atom. The van der Waals surface area contributed by atoms with Crippen LogP contribution in [0.2, 0.25) is 0 Å². The zero-order valence-corrected chi connectivity index (χ0v) is 9.97. The van der Waals surface area contributed by atoms with Crippen LogP contribution < -0.4 is 0 Å². The molecule has 1 atom stereocenters. The van der Waals surface area contributed by atoms with Gasteiger partial charge in [-0.2, -0.15) is 4.98 Å². The van der Waals surface area contributed by atoms with Crippen LogP contribution in [0.15, 0.2) is 59.4 Å². The van der Waals surface area contributed by atoms with Crippen LogP contribution in [0.25, 0.3) is 11.4 Å². The Morgan fingerprint density at radius 1 is 1.05 bits per heavy atom. The number of nitrogens with zero attached hydrogens (tertiary/aromatic N) is 3. The highest BCUT2D eigenvalue weighted by Gasteiger charge is 2.18. The average Bonchev–Trinajstić information content (AvgIpc) is 2.98. The molecule has 3 aromatic rings. The summed E-state index contributed by atoms with van der Waals surface area (Å²) < 4.78 is 5.10. The second kappa shape index (κ2) is 4.99. The minimum absolute atomic E-state index is 0.171. The van der Waals surface area contributed by atoms with E-state index in [2.05, 4.69) is 15.1 Å². The molecule has 19 heavy (non-hydrogen) atoms. The van der Waals surface area contributed by atoms with Gasteiger partial charge in [0, 0.05) is 18.0 Å². The summed E-state index contributed by atoms with van der Waals surface area (Å²) in [6.07, 6.45) is 2.39. The highest BCUT2D eigenvalue weighted by atomic mass is 16.5. The fourth-order valence-corrected chi connectivity index (χ4v) is 1.74. The van der Waals surface area contributed by atoms with E-state index in [4.69, 9.17) is 4.52 Å². The molecule has 0 spiro atoms. The SMILES string of the molecule is OC(c1ccccc1)c1nc(-c2cccnc2)no1. The molecule has 2 aromatic heterocycles. The van der Waals surface area contributed by atoms with Gasteiger partial charge in [-0.05, 0) is 17.7 Å². The maximum Gasteiger partial charge on any atom is 0.260 e. The third kappa shape index (κ3) is 2.36. The fourth-order valence-electron chi connectivity index (χ4n) is 1.74. The first kappa shape index (κ1) is 11.6. The summed E-state index contributed by atoms with van der Waals surface area (Å²) in [5, 5.41) is 14.0. The zero-order chi connectivity index (χ0) is 13.1. The highest BCUT2D eigenvalue weighted by molar-refractivity contribution is 5.52. The molecule has 5 heteroatoms. The van der Waals surface area contributed by atoms with Crippen molar-refractivity contribution in [3.8, 4) is 11.4 Å². The second-order valence-electron chi connectivity index (χ2n) is 4.01. The first-order chi connectivity index (χ1) is 9.34. The lowest BCUT2D eigenvalue weighted by molar-refractivity contribution is 0.170. The van der Waals surface area contributed by atoms with Crippen LogP contribution in [-0.2, 0) is 0 Å². The number of aliphatic hydroxyl groups is 1. The smallest absolute Gasteiger partial charge is 0.260 e. The summed E-state index contributed by atoms with van der Waals surface area (Å²) in [5.74, 6) is 0.586. The van der Waals surface area contributed by atoms with Gasteiger partial charge in [-0.25, -0.2) is 0 Å². The van der Waals surface area contributed by atoms with E-state index in [0.717, 1.165) is 5.56 Å². The summed E-state index contributed by atoms with van der Waals surface area (Å²) in [5.41, 5.74) is 1.46. The van der Waals surface area contributed by atoms with Crippen molar-refractivity contribution in [2.24, 2.45) is 0 Å². The van der Waals surface area contributed by atoms with Crippen molar-refractivity contribution in [3.63, 3.8) is 0 Å². The molecule has 0 aliphatic rings. The zero-order valence-electron chi connectivity index (χ0n) is 9.97. The number of pyridine rings is 1. The molecule has 2 heterocycles. The van der Waals surface area contributed by atoms with E-state index in [1.54, 1.807) is 30.6 Å². The molecule has 0 radical (unpaired) electrons. The van der Waals surface area contributed by atoms with Gasteiger partial charge in [-0.15, -0.1) is 0 Å². The van der Waals surface area contributed by atoms with Crippen molar-refractivity contribution >= 4 is 0 Å². The van der Waals surface area contributed by atoms with Crippen molar-refractivity contribution < 1.29 is 9.63 Å². The molecule has 0 fully saturated rings. The van der Waals surface area contributed by atoms with Crippen LogP contribution in [0, 0.1) is 0 Å². The number of hydrogen-bond donors (Lipinski definition) is 1. The largest absolute Gasteiger partial charge is 0.378 e. The van der Waals surface area contributed by atoms with Gasteiger partial charge in [0.1, 0.15) is 0 Å². The minimum Gasteiger partial charge on any atom is -0.378 e. The van der Waals surface area contributed by atoms with Crippen LogP contribution in [0.4, 0.5) is 0 Å². The lowest BCUT2D eigenvalue weighted by Gasteiger charge is -2.04. The Hall–Kier alpha value is -2.53. The lowest BCUT2D eigenvalue weighted by Crippen LogP contribution is -1.99. The minimum atomic E-state index is -0.917. The predicted octanol–water partition coefficient (Wildman–Crippen LogP) is 2.21. The molecule has 3 rings (SSSR count). The van der Waals surface area contributed by atoms with E-state index in [1.165, 1.54) is 0 Å². The topological polar surface area (TPSA) is 72.0 Å². The van der Waals surface area contributed by atoms with Crippen LogP contribution in [0.1, 0.15) is 17.6 Å². The monoisotopic (exact) mass is 253 g/mol. The molecule has 0 saturated carbocycles. The molecule has 0 aliphatic carbocycles. The Morgan fingerprint density at radius 3 is 2.63 bits per heavy atom. The summed E-state index contributed by atoms with van der Waals surface area (Å²) in [6.45, 7) is 0. The molecule has 1 aromatic carbocycles. The van der Waals surface area contributed by atoms with E-state index >= 15 is 0 Å². The third-order valence-electron chi connectivity index (χ3n) is 2.71. The van der Waals surface area contributed by atoms with Crippen molar-refractivity contribution in [3.05, 3.63) is 66.3 Å². The second-order valence-corrected chi connectivity index (χ2v) is 4.01. The van der Waals surface area contributed by atoms with E-state index < -0.39 is 6.10 Å². The Kier molecular flexibility index (Phi) is 3.04. The number of benzene rings is 1. The summed E-state index contributed by atoms with van der Waals surface area (Å²) >= 11 is 0. The Balaban J connectivity index is 1.90. The summed E-state index contributed by atoms with van der Waals surface area (Å²) in [4.78, 5) is 8.18. The predicted molar refractivity (Wildman–Crippen MR) is 68.0 cm³/mol. The van der Waals surface area contributed by atoms with Crippen molar-refractivity contribution in [1.29, 1.82) is 0 Å². The van der Waals surface area contributed by atoms with Gasteiger partial charge >= 0.3 is 0 Å². The molecular formula is C14H11N3O2. The molecule has 1 unspecified atom stereocenters. The van der Waals surface area contributed by atoms with Crippen molar-refractivity contribution in [1.82, 2.24) is 15.1 Å². The molecule has 0 aliphatic heterocycles. The van der Waals surface area contributed by atoms with E-state index in [-0.39, 0.29) is 5.89 Å². The number of rotatable bonds is 3. The van der Waals surface area contributed by atoms with Crippen molar-refractivity contribution in [2.75, 3.05) is 0 Å². The highest BCUT2D eigenvalue weighted by Crippen LogP contribution is 2.22. The van der Waals surface area contributed by atoms with Gasteiger partial charge < -0.3 is 9.63 Å². The van der Waals surface area contributed by atoms with Crippen LogP contribution in [0.5, 0.6) is 0 Å². The molecule has 94 valence electrons. The van der Waals surface area contributed by atoms with Crippen LogP contribution in [0.3, 0.4) is 0 Å². The molecule has 0 bridgehead atoms. The van der Waals surface area contributed by atoms with Gasteiger partial charge in [-0.3, -0.25) is 4.98 Å². The molecule has 0 saturated heterocycles. The van der Waals surface area contributed by atoms with Crippen LogP contribution >= 0.6 is 0 Å². The number of hydrogen-bond acceptors (Lipinski definition) is 5. The number of aromatic nitrogens is 3. The molecule has 5 nitrogen and oxygen atoms in total. The van der Waals surface area contributed by atoms with E-state index in [0.29, 0.717) is 11.4 Å². The van der Waals surface area contributed by atoms with Gasteiger partial charge in [-0.1, -0.05) is 35.5 Å². The maximum atomic E-state index is 10.1. The standard InChI is InChI=1S/C14H11N3O2/c18-12(10-5-2-1-3-6-10)14-16-13(17-19-14)11-7-4-8-15-9-11/h1-9,12,18H. The lowest BCUT2D eigenvalue weighted by atomic mass is 10.1. The first-order valence-electron chi connectivity index (χ1n) is 5.81. The molecular weight excluding hydrogens is 242 g/mol. The first-order valence-corrected chi connectivity index (χ1v) is 5.81. The molecule has 1 N–H and O–H groups in total. The maximum absolute atomic E-state index is 10.1. The van der Waals surface area contributed by atoms with Gasteiger partial charge in [0.15, 0.2) is 6.10 Å². The van der Waals surface area contributed by atoms with Gasteiger partial charge in [0.2, 0.25) is 5.82 Å².